The monoisotopic (exact) mass is 432 g/mol. The van der Waals surface area contributed by atoms with Crippen LogP contribution in [0, 0.1) is 6.92 Å². The van der Waals surface area contributed by atoms with Crippen LogP contribution in [-0.4, -0.2) is 66.4 Å². The van der Waals surface area contributed by atoms with E-state index in [0.717, 1.165) is 23.5 Å². The number of aliphatic imine (C=N–C) groups is 1. The number of hydrogen-bond acceptors (Lipinski definition) is 8. The lowest BCUT2D eigenvalue weighted by molar-refractivity contribution is 0.302. The maximum Gasteiger partial charge on any atom is 0.204 e. The van der Waals surface area contributed by atoms with Crippen LogP contribution in [-0.2, 0) is 11.3 Å². The van der Waals surface area contributed by atoms with Crippen LogP contribution in [0.3, 0.4) is 0 Å². The Kier molecular flexibility index (Phi) is 7.08. The van der Waals surface area contributed by atoms with Gasteiger partial charge in [0.1, 0.15) is 5.71 Å². The Hall–Kier alpha value is -2.47. The number of aryl methyl sites for hydroxylation is 1. The molecule has 10 nitrogen and oxygen atoms in total. The summed E-state index contributed by atoms with van der Waals surface area (Å²) < 4.78 is 23.8. The second kappa shape index (κ2) is 9.56. The van der Waals surface area contributed by atoms with Crippen LogP contribution in [0.2, 0.25) is 0 Å². The normalized spacial score (nSPS) is 16.5. The van der Waals surface area contributed by atoms with E-state index in [-0.39, 0.29) is 19.1 Å². The number of likely N-dealkylation sites (N-methyl/N-ethyl adjacent to an activating group) is 1. The smallest absolute Gasteiger partial charge is 0.204 e. The SMILES string of the molecule is CCN(CCO)c1ccc(N=C2C(C)=Nn3nc(C(C)CNS(=O)[O-])nc32)c(C)c1. The van der Waals surface area contributed by atoms with E-state index in [1.807, 2.05) is 45.9 Å². The summed E-state index contributed by atoms with van der Waals surface area (Å²) in [6.07, 6.45) is 0. The Bertz CT molecular complexity index is 1000. The molecule has 0 spiro atoms. The molecule has 2 atom stereocenters. The Morgan fingerprint density at radius 1 is 1.40 bits per heavy atom. The largest absolute Gasteiger partial charge is 0.760 e. The van der Waals surface area contributed by atoms with Crippen molar-refractivity contribution in [2.75, 3.05) is 31.1 Å². The van der Waals surface area contributed by atoms with Crippen molar-refractivity contribution in [3.63, 3.8) is 0 Å². The van der Waals surface area contributed by atoms with E-state index in [1.54, 1.807) is 0 Å². The molecular weight excluding hydrogens is 406 g/mol. The van der Waals surface area contributed by atoms with Gasteiger partial charge in [-0.3, -0.25) is 4.21 Å². The zero-order valence-electron chi connectivity index (χ0n) is 17.5. The molecule has 0 saturated carbocycles. The molecule has 3 rings (SSSR count). The number of fused-ring (bicyclic) bond motifs is 1. The Balaban J connectivity index is 1.87. The van der Waals surface area contributed by atoms with Gasteiger partial charge >= 0.3 is 0 Å². The van der Waals surface area contributed by atoms with Gasteiger partial charge in [0, 0.05) is 42.5 Å². The lowest BCUT2D eigenvalue weighted by atomic mass is 10.1. The summed E-state index contributed by atoms with van der Waals surface area (Å²) in [6.45, 7) is 9.42. The molecule has 0 fully saturated rings. The number of anilines is 1. The predicted molar refractivity (Wildman–Crippen MR) is 116 cm³/mol. The van der Waals surface area contributed by atoms with Gasteiger partial charge in [-0.2, -0.15) is 5.10 Å². The molecule has 0 aliphatic carbocycles. The molecule has 1 aromatic carbocycles. The first-order valence-corrected chi connectivity index (χ1v) is 10.8. The van der Waals surface area contributed by atoms with E-state index in [2.05, 4.69) is 24.8 Å². The fourth-order valence-electron chi connectivity index (χ4n) is 3.19. The van der Waals surface area contributed by atoms with Crippen LogP contribution >= 0.6 is 0 Å². The molecule has 1 aliphatic rings. The molecule has 0 bridgehead atoms. The van der Waals surface area contributed by atoms with Crippen LogP contribution in [0.15, 0.2) is 28.3 Å². The van der Waals surface area contributed by atoms with Gasteiger partial charge in [0.25, 0.3) is 0 Å². The van der Waals surface area contributed by atoms with Gasteiger partial charge in [0.15, 0.2) is 5.82 Å². The Morgan fingerprint density at radius 3 is 2.80 bits per heavy atom. The first-order chi connectivity index (χ1) is 14.3. The van der Waals surface area contributed by atoms with E-state index in [1.165, 1.54) is 4.79 Å². The fraction of sp³-hybridized carbons (Fsp3) is 0.474. The quantitative estimate of drug-likeness (QED) is 0.574. The zero-order chi connectivity index (χ0) is 21.8. The summed E-state index contributed by atoms with van der Waals surface area (Å²) in [5, 5.41) is 18.0. The minimum absolute atomic E-state index is 0.100. The summed E-state index contributed by atoms with van der Waals surface area (Å²) >= 11 is -2.33. The maximum absolute atomic E-state index is 10.7. The number of nitrogens with one attached hydrogen (secondary N) is 1. The highest BCUT2D eigenvalue weighted by Crippen LogP contribution is 2.27. The topological polar surface area (TPSA) is 131 Å². The number of aromatic nitrogens is 3. The van der Waals surface area contributed by atoms with Crippen LogP contribution in [0.25, 0.3) is 0 Å². The Morgan fingerprint density at radius 2 is 2.17 bits per heavy atom. The zero-order valence-corrected chi connectivity index (χ0v) is 18.3. The van der Waals surface area contributed by atoms with Crippen molar-refractivity contribution in [2.24, 2.45) is 10.1 Å². The molecule has 0 radical (unpaired) electrons. The van der Waals surface area contributed by atoms with Crippen molar-refractivity contribution in [2.45, 2.75) is 33.6 Å². The van der Waals surface area contributed by atoms with Crippen molar-refractivity contribution in [1.29, 1.82) is 0 Å². The molecule has 162 valence electrons. The average molecular weight is 433 g/mol. The number of aliphatic hydroxyl groups is 1. The molecular formula is C19H26N7O3S-. The molecule has 2 unspecified atom stereocenters. The highest BCUT2D eigenvalue weighted by Gasteiger charge is 2.26. The Labute approximate surface area is 178 Å². The van der Waals surface area contributed by atoms with E-state index in [9.17, 15) is 13.9 Å². The molecule has 2 heterocycles. The molecule has 1 aromatic heterocycles. The first-order valence-electron chi connectivity index (χ1n) is 9.75. The summed E-state index contributed by atoms with van der Waals surface area (Å²) in [5.74, 6) is 0.837. The number of nitrogens with zero attached hydrogens (tertiary/aromatic N) is 6. The first kappa shape index (κ1) is 22.2. The summed E-state index contributed by atoms with van der Waals surface area (Å²) in [4.78, 5) is 12.9. The third-order valence-electron chi connectivity index (χ3n) is 4.88. The minimum Gasteiger partial charge on any atom is -0.760 e. The van der Waals surface area contributed by atoms with Gasteiger partial charge in [-0.25, -0.2) is 14.7 Å². The number of benzene rings is 1. The minimum atomic E-state index is -2.33. The molecule has 0 saturated heterocycles. The average Bonchev–Trinajstić information content (AvgIpc) is 3.24. The second-order valence-corrected chi connectivity index (χ2v) is 7.85. The van der Waals surface area contributed by atoms with Gasteiger partial charge in [-0.05, 0) is 44.5 Å². The van der Waals surface area contributed by atoms with Crippen LogP contribution < -0.4 is 9.62 Å². The van der Waals surface area contributed by atoms with Crippen LogP contribution in [0.1, 0.15) is 43.9 Å². The lowest BCUT2D eigenvalue weighted by Crippen LogP contribution is -2.26. The van der Waals surface area contributed by atoms with Crippen molar-refractivity contribution in [3.8, 4) is 0 Å². The van der Waals surface area contributed by atoms with Gasteiger partial charge in [-0.1, -0.05) is 6.92 Å². The van der Waals surface area contributed by atoms with E-state index in [4.69, 9.17) is 4.99 Å². The van der Waals surface area contributed by atoms with Gasteiger partial charge in [-0.15, -0.1) is 9.89 Å². The van der Waals surface area contributed by atoms with Crippen LogP contribution in [0.4, 0.5) is 11.4 Å². The predicted octanol–water partition coefficient (Wildman–Crippen LogP) is 1.25. The van der Waals surface area contributed by atoms with Crippen LogP contribution in [0.5, 0.6) is 0 Å². The molecule has 2 aromatic rings. The summed E-state index contributed by atoms with van der Waals surface area (Å²) in [7, 11) is 0. The van der Waals surface area contributed by atoms with Crippen molar-refractivity contribution in [3.05, 3.63) is 35.4 Å². The molecule has 2 N–H and O–H groups in total. The maximum atomic E-state index is 10.7. The van der Waals surface area contributed by atoms with Crippen molar-refractivity contribution >= 4 is 34.1 Å². The third kappa shape index (κ3) is 4.81. The highest BCUT2D eigenvalue weighted by atomic mass is 32.2. The number of rotatable bonds is 9. The summed E-state index contributed by atoms with van der Waals surface area (Å²) in [5.41, 5.74) is 4.19. The van der Waals surface area contributed by atoms with E-state index < -0.39 is 11.3 Å². The van der Waals surface area contributed by atoms with Gasteiger partial charge in [0.05, 0.1) is 18.0 Å². The van der Waals surface area contributed by atoms with Crippen molar-refractivity contribution < 1.29 is 13.9 Å². The standard InChI is InChI=1S/C19H27N7O3S/c1-5-25(8-9-27)15-6-7-16(12(2)10-15)21-17-14(4)23-26-19(17)22-18(24-26)13(3)11-20-30(28)29/h6-7,10,13,20,27H,5,8-9,11H2,1-4H3,(H,28,29)/p-1. The highest BCUT2D eigenvalue weighted by molar-refractivity contribution is 7.77. The molecule has 1 aliphatic heterocycles. The second-order valence-electron chi connectivity index (χ2n) is 7.09. The number of aliphatic hydroxyl groups excluding tert-OH is 1. The molecule has 30 heavy (non-hydrogen) atoms. The van der Waals surface area contributed by atoms with Gasteiger partial charge < -0.3 is 14.6 Å². The van der Waals surface area contributed by atoms with E-state index in [0.29, 0.717) is 29.6 Å². The lowest BCUT2D eigenvalue weighted by Gasteiger charge is -2.22. The molecule has 11 heteroatoms. The van der Waals surface area contributed by atoms with Crippen molar-refractivity contribution in [1.82, 2.24) is 19.6 Å². The van der Waals surface area contributed by atoms with Gasteiger partial charge in [0.2, 0.25) is 5.82 Å². The third-order valence-corrected chi connectivity index (χ3v) is 5.29. The number of hydrogen-bond donors (Lipinski definition) is 2. The fourth-order valence-corrected chi connectivity index (χ4v) is 3.57. The summed E-state index contributed by atoms with van der Waals surface area (Å²) in [6, 6.07) is 5.98. The molecule has 0 amide bonds. The van der Waals surface area contributed by atoms with E-state index >= 15 is 0 Å².